The first-order valence-corrected chi connectivity index (χ1v) is 11.7. The molecule has 6 heteroatoms. The Labute approximate surface area is 192 Å². The topological polar surface area (TPSA) is 43.9 Å². The van der Waals surface area contributed by atoms with Crippen LogP contribution in [0.2, 0.25) is 0 Å². The highest BCUT2D eigenvalue weighted by molar-refractivity contribution is 7.11. The van der Waals surface area contributed by atoms with Crippen LogP contribution >= 0.6 is 11.3 Å². The van der Waals surface area contributed by atoms with Gasteiger partial charge in [0.15, 0.2) is 0 Å². The Bertz CT molecular complexity index is 1190. The Hall–Kier alpha value is -3.38. The molecule has 32 heavy (non-hydrogen) atoms. The molecule has 0 unspecified atom stereocenters. The molecule has 1 aromatic heterocycles. The maximum absolute atomic E-state index is 13.6. The predicted molar refractivity (Wildman–Crippen MR) is 130 cm³/mol. The van der Waals surface area contributed by atoms with Crippen LogP contribution in [0.25, 0.3) is 5.57 Å². The molecule has 0 spiro atoms. The fourth-order valence-electron chi connectivity index (χ4n) is 4.40. The van der Waals surface area contributed by atoms with Crippen LogP contribution in [0.1, 0.15) is 16.0 Å². The number of amides is 2. The van der Waals surface area contributed by atoms with Crippen molar-refractivity contribution in [2.24, 2.45) is 0 Å². The summed E-state index contributed by atoms with van der Waals surface area (Å²) in [5.74, 6) is -0.469. The maximum atomic E-state index is 13.6. The zero-order valence-electron chi connectivity index (χ0n) is 18.2. The van der Waals surface area contributed by atoms with Crippen LogP contribution < -0.4 is 9.80 Å². The summed E-state index contributed by atoms with van der Waals surface area (Å²) in [6.45, 7) is 7.08. The minimum atomic E-state index is -0.239. The number of rotatable bonds is 4. The van der Waals surface area contributed by atoms with Gasteiger partial charge >= 0.3 is 0 Å². The van der Waals surface area contributed by atoms with Gasteiger partial charge in [-0.2, -0.15) is 0 Å². The average molecular weight is 444 g/mol. The number of benzene rings is 2. The Kier molecular flexibility index (Phi) is 5.31. The second-order valence-electron chi connectivity index (χ2n) is 8.30. The van der Waals surface area contributed by atoms with Gasteiger partial charge in [-0.3, -0.25) is 9.59 Å². The fourth-order valence-corrected chi connectivity index (χ4v) is 5.16. The van der Waals surface area contributed by atoms with E-state index in [-0.39, 0.29) is 11.8 Å². The van der Waals surface area contributed by atoms with Gasteiger partial charge < -0.3 is 9.80 Å². The number of nitrogens with zero attached hydrogens (tertiary/aromatic N) is 3. The zero-order chi connectivity index (χ0) is 22.2. The van der Waals surface area contributed by atoms with E-state index in [1.165, 1.54) is 27.5 Å². The van der Waals surface area contributed by atoms with Crippen molar-refractivity contribution in [2.45, 2.75) is 13.8 Å². The number of hydrogen-bond donors (Lipinski definition) is 0. The Balaban J connectivity index is 1.46. The van der Waals surface area contributed by atoms with Gasteiger partial charge in [-0.1, -0.05) is 35.9 Å². The van der Waals surface area contributed by atoms with Gasteiger partial charge in [-0.25, -0.2) is 4.90 Å². The molecular weight excluding hydrogens is 418 g/mol. The van der Waals surface area contributed by atoms with Crippen LogP contribution in [0, 0.1) is 13.8 Å². The highest BCUT2D eigenvalue weighted by Gasteiger charge is 2.43. The standard InChI is InChI=1S/C26H25N3O2S/c1-18-8-10-20(11-9-18)29-25(30)23(22-7-4-16-32-22)24(26(29)31)28-14-12-27(13-15-28)21-6-3-5-19(2)17-21/h3-11,16-17H,12-15H2,1-2H3. The van der Waals surface area contributed by atoms with Gasteiger partial charge in [0.2, 0.25) is 0 Å². The van der Waals surface area contributed by atoms with Crippen LogP contribution in [-0.2, 0) is 9.59 Å². The molecule has 0 bridgehead atoms. The summed E-state index contributed by atoms with van der Waals surface area (Å²) in [5, 5.41) is 1.95. The van der Waals surface area contributed by atoms with Gasteiger partial charge in [0.05, 0.1) is 11.3 Å². The number of carbonyl (C=O) groups is 2. The lowest BCUT2D eigenvalue weighted by Crippen LogP contribution is -2.47. The van der Waals surface area contributed by atoms with Gasteiger partial charge in [0, 0.05) is 36.7 Å². The van der Waals surface area contributed by atoms with Crippen molar-refractivity contribution < 1.29 is 9.59 Å². The normalized spacial score (nSPS) is 17.0. The lowest BCUT2D eigenvalue weighted by molar-refractivity contribution is -0.120. The average Bonchev–Trinajstić information content (AvgIpc) is 3.41. The molecule has 3 heterocycles. The molecule has 5 nitrogen and oxygen atoms in total. The van der Waals surface area contributed by atoms with E-state index in [9.17, 15) is 9.59 Å². The van der Waals surface area contributed by atoms with Crippen LogP contribution in [0.4, 0.5) is 11.4 Å². The van der Waals surface area contributed by atoms with E-state index in [0.717, 1.165) is 23.5 Å². The second-order valence-corrected chi connectivity index (χ2v) is 9.24. The molecule has 1 fully saturated rings. The fraction of sp³-hybridized carbons (Fsp3) is 0.231. The minimum absolute atomic E-state index is 0.230. The molecule has 0 radical (unpaired) electrons. The lowest BCUT2D eigenvalue weighted by atomic mass is 10.1. The van der Waals surface area contributed by atoms with E-state index in [2.05, 4.69) is 41.0 Å². The third kappa shape index (κ3) is 3.60. The number of aryl methyl sites for hydroxylation is 2. The maximum Gasteiger partial charge on any atom is 0.282 e. The molecule has 0 atom stereocenters. The summed E-state index contributed by atoms with van der Waals surface area (Å²) in [5.41, 5.74) is 5.20. The second kappa shape index (κ2) is 8.28. The predicted octanol–water partition coefficient (Wildman–Crippen LogP) is 4.47. The Morgan fingerprint density at radius 1 is 0.719 bits per heavy atom. The third-order valence-corrected chi connectivity index (χ3v) is 6.97. The number of piperazine rings is 1. The van der Waals surface area contributed by atoms with Crippen molar-refractivity contribution in [3.05, 3.63) is 87.7 Å². The summed E-state index contributed by atoms with van der Waals surface area (Å²) in [6, 6.07) is 19.9. The first-order chi connectivity index (χ1) is 15.5. The first kappa shape index (κ1) is 20.5. The van der Waals surface area contributed by atoms with Crippen LogP contribution in [-0.4, -0.2) is 42.9 Å². The molecule has 0 saturated carbocycles. The van der Waals surface area contributed by atoms with Crippen LogP contribution in [0.3, 0.4) is 0 Å². The minimum Gasteiger partial charge on any atom is -0.368 e. The molecule has 2 aromatic carbocycles. The SMILES string of the molecule is Cc1ccc(N2C(=O)C(c3cccs3)=C(N3CCN(c4cccc(C)c4)CC3)C2=O)cc1. The number of anilines is 2. The molecule has 2 aliphatic rings. The van der Waals surface area contributed by atoms with Crippen molar-refractivity contribution >= 4 is 40.1 Å². The molecule has 1 saturated heterocycles. The Morgan fingerprint density at radius 3 is 2.09 bits per heavy atom. The highest BCUT2D eigenvalue weighted by Crippen LogP contribution is 2.37. The summed E-state index contributed by atoms with van der Waals surface area (Å²) >= 11 is 1.50. The number of imide groups is 1. The molecule has 2 aliphatic heterocycles. The van der Waals surface area contributed by atoms with Gasteiger partial charge in [0.1, 0.15) is 5.70 Å². The molecule has 2 amide bonds. The molecular formula is C26H25N3O2S. The Morgan fingerprint density at radius 2 is 1.44 bits per heavy atom. The molecule has 0 N–H and O–H groups in total. The lowest BCUT2D eigenvalue weighted by Gasteiger charge is -2.37. The van der Waals surface area contributed by atoms with E-state index in [1.807, 2.05) is 48.7 Å². The van der Waals surface area contributed by atoms with Gasteiger partial charge in [-0.15, -0.1) is 11.3 Å². The van der Waals surface area contributed by atoms with Crippen LogP contribution in [0.15, 0.2) is 71.7 Å². The van der Waals surface area contributed by atoms with Gasteiger partial charge in [-0.05, 0) is 55.1 Å². The molecule has 162 valence electrons. The molecule has 3 aromatic rings. The van der Waals surface area contributed by atoms with Crippen molar-refractivity contribution in [1.29, 1.82) is 0 Å². The van der Waals surface area contributed by atoms with Crippen LogP contribution in [0.5, 0.6) is 0 Å². The third-order valence-electron chi connectivity index (χ3n) is 6.08. The number of thiophene rings is 1. The molecule has 0 aliphatic carbocycles. The van der Waals surface area contributed by atoms with Gasteiger partial charge in [0.25, 0.3) is 11.8 Å². The summed E-state index contributed by atoms with van der Waals surface area (Å²) in [6.07, 6.45) is 0. The summed E-state index contributed by atoms with van der Waals surface area (Å²) in [7, 11) is 0. The van der Waals surface area contributed by atoms with E-state index in [4.69, 9.17) is 0 Å². The van der Waals surface area contributed by atoms with Crippen molar-refractivity contribution in [2.75, 3.05) is 36.0 Å². The van der Waals surface area contributed by atoms with E-state index in [0.29, 0.717) is 30.0 Å². The number of carbonyl (C=O) groups excluding carboxylic acids is 2. The zero-order valence-corrected chi connectivity index (χ0v) is 19.1. The quantitative estimate of drug-likeness (QED) is 0.558. The van der Waals surface area contributed by atoms with E-state index < -0.39 is 0 Å². The number of hydrogen-bond acceptors (Lipinski definition) is 5. The smallest absolute Gasteiger partial charge is 0.282 e. The molecule has 5 rings (SSSR count). The van der Waals surface area contributed by atoms with Crippen molar-refractivity contribution in [3.8, 4) is 0 Å². The first-order valence-electron chi connectivity index (χ1n) is 10.8. The monoisotopic (exact) mass is 443 g/mol. The largest absolute Gasteiger partial charge is 0.368 e. The van der Waals surface area contributed by atoms with E-state index in [1.54, 1.807) is 0 Å². The summed E-state index contributed by atoms with van der Waals surface area (Å²) in [4.78, 5) is 33.7. The van der Waals surface area contributed by atoms with E-state index >= 15 is 0 Å². The highest BCUT2D eigenvalue weighted by atomic mass is 32.1. The van der Waals surface area contributed by atoms with Crippen molar-refractivity contribution in [3.63, 3.8) is 0 Å². The summed E-state index contributed by atoms with van der Waals surface area (Å²) < 4.78 is 0. The van der Waals surface area contributed by atoms with Crippen molar-refractivity contribution in [1.82, 2.24) is 4.90 Å².